The number of carbonyl (C=O) groups is 4. The lowest BCUT2D eigenvalue weighted by Crippen LogP contribution is -2.26. The quantitative estimate of drug-likeness (QED) is 0.286. The van der Waals surface area contributed by atoms with E-state index in [1.54, 1.807) is 12.1 Å². The van der Waals surface area contributed by atoms with Crippen LogP contribution in [0.3, 0.4) is 0 Å². The van der Waals surface area contributed by atoms with E-state index in [-0.39, 0.29) is 35.8 Å². The number of anilines is 2. The minimum absolute atomic E-state index is 0.0373. The first-order chi connectivity index (χ1) is 15.8. The molecular weight excluding hydrogens is 1130 g/mol. The normalized spacial score (nSPS) is 10.6. The van der Waals surface area contributed by atoms with Gasteiger partial charge in [-0.25, -0.2) is 0 Å². The van der Waals surface area contributed by atoms with Gasteiger partial charge in [0.2, 0.25) is 11.8 Å². The van der Waals surface area contributed by atoms with Crippen molar-refractivity contribution in [3.05, 3.63) is 44.7 Å². The number of carbonyl (C=O) groups excluding carboxylic acids is 4. The van der Waals surface area contributed by atoms with Gasteiger partial charge in [-0.1, -0.05) is 0 Å². The van der Waals surface area contributed by atoms with Crippen LogP contribution in [0, 0.1) is 21.4 Å². The first-order valence-electron chi connectivity index (χ1n) is 9.22. The van der Waals surface area contributed by atoms with Crippen LogP contribution in [0.1, 0.15) is 46.4 Å². The first-order valence-corrected chi connectivity index (χ1v) is 15.7. The third-order valence-corrected chi connectivity index (χ3v) is 9.90. The van der Waals surface area contributed by atoms with Gasteiger partial charge in [-0.2, -0.15) is 0 Å². The van der Waals surface area contributed by atoms with Gasteiger partial charge in [0.15, 0.2) is 0 Å². The third-order valence-electron chi connectivity index (χ3n) is 4.33. The molecule has 0 aromatic heterocycles. The molecule has 0 unspecified atom stereocenters. The molecule has 0 saturated heterocycles. The number of rotatable bonds is 9. The number of halogens is 6. The van der Waals surface area contributed by atoms with Gasteiger partial charge in [0.25, 0.3) is 0 Å². The lowest BCUT2D eigenvalue weighted by atomic mass is 10.1. The molecule has 0 saturated carbocycles. The van der Waals surface area contributed by atoms with Gasteiger partial charge in [-0.05, 0) is 161 Å². The largest absolute Gasteiger partial charge is 0.545 e. The van der Waals surface area contributed by atoms with Gasteiger partial charge in [-0.3, -0.25) is 9.59 Å². The zero-order chi connectivity index (χ0) is 25.7. The van der Waals surface area contributed by atoms with E-state index >= 15 is 0 Å². The number of aromatic carboxylic acids is 2. The van der Waals surface area contributed by atoms with Gasteiger partial charge >= 0.3 is 0 Å². The lowest BCUT2D eigenvalue weighted by Gasteiger charge is -2.16. The number of benzene rings is 2. The van der Waals surface area contributed by atoms with E-state index in [0.717, 1.165) is 0 Å². The molecule has 2 rings (SSSR count). The minimum Gasteiger partial charge on any atom is -0.545 e. The molecule has 2 amide bonds. The summed E-state index contributed by atoms with van der Waals surface area (Å²) in [5, 5.41) is 28.3. The highest BCUT2D eigenvalue weighted by atomic mass is 127. The maximum Gasteiger partial charge on any atom is 0.224 e. The molecular formula is C20H12I6N2O6-2. The van der Waals surface area contributed by atoms with E-state index < -0.39 is 11.9 Å². The van der Waals surface area contributed by atoms with E-state index in [1.165, 1.54) is 0 Å². The summed E-state index contributed by atoms with van der Waals surface area (Å²) in [6.45, 7) is 0. The smallest absolute Gasteiger partial charge is 0.224 e. The highest BCUT2D eigenvalue weighted by molar-refractivity contribution is 14.1. The van der Waals surface area contributed by atoms with Crippen LogP contribution in [0.4, 0.5) is 11.4 Å². The third kappa shape index (κ3) is 8.10. The monoisotopic (exact) mass is 1140 g/mol. The molecule has 14 heteroatoms. The predicted octanol–water partition coefficient (Wildman–Crippen LogP) is 4.18. The van der Waals surface area contributed by atoms with Crippen LogP contribution in [0.25, 0.3) is 0 Å². The van der Waals surface area contributed by atoms with Crippen LogP contribution < -0.4 is 20.8 Å². The number of hydrogen-bond donors (Lipinski definition) is 2. The number of carboxylic acids is 2. The Bertz CT molecular complexity index is 1100. The molecule has 8 nitrogen and oxygen atoms in total. The van der Waals surface area contributed by atoms with Crippen molar-refractivity contribution in [2.45, 2.75) is 25.7 Å². The topological polar surface area (TPSA) is 138 Å². The Labute approximate surface area is 276 Å². The minimum atomic E-state index is -1.31. The Kier molecular flexibility index (Phi) is 12.7. The number of carboxylic acid groups (broad SMARTS) is 2. The van der Waals surface area contributed by atoms with Crippen molar-refractivity contribution in [3.63, 3.8) is 0 Å². The zero-order valence-electron chi connectivity index (χ0n) is 16.7. The van der Waals surface area contributed by atoms with E-state index in [4.69, 9.17) is 0 Å². The van der Waals surface area contributed by atoms with Crippen molar-refractivity contribution >= 4 is 171 Å². The Morgan fingerprint density at radius 2 is 0.941 bits per heavy atom. The summed E-state index contributed by atoms with van der Waals surface area (Å²) in [5.74, 6) is -3.20. The second-order valence-electron chi connectivity index (χ2n) is 6.69. The van der Waals surface area contributed by atoms with Gasteiger partial charge in [0, 0.05) is 45.4 Å². The first kappa shape index (κ1) is 30.9. The van der Waals surface area contributed by atoms with Crippen LogP contribution in [0.2, 0.25) is 0 Å². The van der Waals surface area contributed by atoms with Gasteiger partial charge in [0.1, 0.15) is 0 Å². The second-order valence-corrected chi connectivity index (χ2v) is 13.5. The van der Waals surface area contributed by atoms with Crippen LogP contribution >= 0.6 is 136 Å². The highest BCUT2D eigenvalue weighted by Crippen LogP contribution is 2.33. The van der Waals surface area contributed by atoms with Crippen LogP contribution in [0.5, 0.6) is 0 Å². The highest BCUT2D eigenvalue weighted by Gasteiger charge is 2.18. The molecule has 0 aliphatic rings. The van der Waals surface area contributed by atoms with Crippen molar-refractivity contribution in [2.24, 2.45) is 0 Å². The average Bonchev–Trinajstić information content (AvgIpc) is 2.70. The molecule has 2 N–H and O–H groups in total. The summed E-state index contributed by atoms with van der Waals surface area (Å²) in [7, 11) is 0. The second kappa shape index (κ2) is 14.0. The fraction of sp³-hybridized carbons (Fsp3) is 0.200. The number of hydrogen-bond acceptors (Lipinski definition) is 6. The van der Waals surface area contributed by atoms with Crippen molar-refractivity contribution in [1.29, 1.82) is 0 Å². The number of unbranched alkanes of at least 4 members (excludes halogenated alkanes) is 1. The van der Waals surface area contributed by atoms with Crippen LogP contribution in [-0.4, -0.2) is 23.8 Å². The molecule has 34 heavy (non-hydrogen) atoms. The fourth-order valence-corrected chi connectivity index (χ4v) is 10.9. The van der Waals surface area contributed by atoms with Crippen molar-refractivity contribution < 1.29 is 29.4 Å². The summed E-state index contributed by atoms with van der Waals surface area (Å²) in [4.78, 5) is 47.6. The van der Waals surface area contributed by atoms with Crippen molar-refractivity contribution in [1.82, 2.24) is 0 Å². The molecule has 0 atom stereocenters. The van der Waals surface area contributed by atoms with Crippen molar-refractivity contribution in [2.75, 3.05) is 10.6 Å². The molecule has 2 aromatic carbocycles. The maximum absolute atomic E-state index is 12.4. The van der Waals surface area contributed by atoms with Crippen LogP contribution in [0.15, 0.2) is 12.1 Å². The van der Waals surface area contributed by atoms with Gasteiger partial charge < -0.3 is 30.4 Å². The Balaban J connectivity index is 1.94. The number of nitrogens with one attached hydrogen (secondary N) is 2. The van der Waals surface area contributed by atoms with Gasteiger partial charge in [-0.15, -0.1) is 0 Å². The molecule has 182 valence electrons. The Hall–Kier alpha value is 0.700. The standard InChI is InChI=1S/C20H14I6N2O6/c21-7-5-9(23)17(15(25)13(7)19(31)32)27-11(29)3-1-2-4-12(30)28-18-10(24)6-8(22)14(16(18)26)20(33)34/h5-6H,1-4H2,(H,27,29)(H,28,30)(H,31,32)(H,33,34)/p-2. The van der Waals surface area contributed by atoms with E-state index in [1.807, 2.05) is 136 Å². The predicted molar refractivity (Wildman–Crippen MR) is 174 cm³/mol. The SMILES string of the molecule is O=C(CCCCC(=O)Nc1c(I)cc(I)c(C(=O)[O-])c1I)Nc1c(I)cc(I)c(C(=O)[O-])c1I. The fourth-order valence-electron chi connectivity index (χ4n) is 2.76. The summed E-state index contributed by atoms with van der Waals surface area (Å²) < 4.78 is 3.28. The summed E-state index contributed by atoms with van der Waals surface area (Å²) in [6.07, 6.45) is 1.18. The molecule has 0 aliphatic carbocycles. The van der Waals surface area contributed by atoms with E-state index in [9.17, 15) is 29.4 Å². The van der Waals surface area contributed by atoms with Crippen LogP contribution in [-0.2, 0) is 9.59 Å². The molecule has 0 spiro atoms. The lowest BCUT2D eigenvalue weighted by molar-refractivity contribution is -0.256. The van der Waals surface area contributed by atoms with E-state index in [0.29, 0.717) is 45.6 Å². The molecule has 2 aromatic rings. The Morgan fingerprint density at radius 3 is 1.24 bits per heavy atom. The molecule has 0 radical (unpaired) electrons. The Morgan fingerprint density at radius 1 is 0.618 bits per heavy atom. The van der Waals surface area contributed by atoms with Gasteiger partial charge in [0.05, 0.1) is 23.3 Å². The molecule has 0 fully saturated rings. The molecule has 0 heterocycles. The zero-order valence-corrected chi connectivity index (χ0v) is 29.6. The molecule has 0 aliphatic heterocycles. The van der Waals surface area contributed by atoms with E-state index in [2.05, 4.69) is 10.6 Å². The molecule has 0 bridgehead atoms. The summed E-state index contributed by atoms with van der Waals surface area (Å²) >= 11 is 11.6. The maximum atomic E-state index is 12.4. The summed E-state index contributed by atoms with van der Waals surface area (Å²) in [5.41, 5.74) is 0.927. The summed E-state index contributed by atoms with van der Waals surface area (Å²) in [6, 6.07) is 3.32. The average molecular weight is 1140 g/mol. The van der Waals surface area contributed by atoms with Crippen molar-refractivity contribution in [3.8, 4) is 0 Å². The number of amides is 2.